The highest BCUT2D eigenvalue weighted by Crippen LogP contribution is 2.23. The topological polar surface area (TPSA) is 106 Å². The van der Waals surface area contributed by atoms with Gasteiger partial charge in [-0.05, 0) is 35.9 Å². The number of nitrogens with zero attached hydrogens (tertiary/aromatic N) is 1. The standard InChI is InChI=1S/C15H10ClFN2O5S/c16-14-9-12(19(21)22)6-4-10(14)5-7-15(20)18-11-2-1-3-13(8-11)25(17,23)24/h1-9H,(H,18,20). The van der Waals surface area contributed by atoms with Gasteiger partial charge in [-0.1, -0.05) is 17.7 Å². The van der Waals surface area contributed by atoms with E-state index >= 15 is 0 Å². The molecule has 0 aromatic heterocycles. The average molecular weight is 385 g/mol. The molecule has 0 aliphatic heterocycles. The first-order chi connectivity index (χ1) is 11.7. The summed E-state index contributed by atoms with van der Waals surface area (Å²) < 4.78 is 34.6. The minimum Gasteiger partial charge on any atom is -0.322 e. The van der Waals surface area contributed by atoms with E-state index in [2.05, 4.69) is 5.32 Å². The van der Waals surface area contributed by atoms with Crippen molar-refractivity contribution in [2.75, 3.05) is 5.32 Å². The van der Waals surface area contributed by atoms with Crippen LogP contribution in [0.4, 0.5) is 15.3 Å². The van der Waals surface area contributed by atoms with Crippen molar-refractivity contribution in [3.8, 4) is 0 Å². The summed E-state index contributed by atoms with van der Waals surface area (Å²) in [6.07, 6.45) is 2.43. The van der Waals surface area contributed by atoms with Gasteiger partial charge in [-0.3, -0.25) is 14.9 Å². The van der Waals surface area contributed by atoms with Crippen LogP contribution < -0.4 is 5.32 Å². The largest absolute Gasteiger partial charge is 0.332 e. The van der Waals surface area contributed by atoms with E-state index in [0.29, 0.717) is 5.56 Å². The van der Waals surface area contributed by atoms with Gasteiger partial charge in [-0.15, -0.1) is 3.89 Å². The van der Waals surface area contributed by atoms with Crippen molar-refractivity contribution >= 4 is 45.2 Å². The highest BCUT2D eigenvalue weighted by atomic mass is 35.5. The SMILES string of the molecule is O=C(C=Cc1ccc([N+](=O)[O-])cc1Cl)Nc1cccc(S(=O)(=O)F)c1. The molecule has 2 aromatic carbocycles. The average Bonchev–Trinajstić information content (AvgIpc) is 2.53. The Kier molecular flexibility index (Phi) is 5.50. The second-order valence-electron chi connectivity index (χ2n) is 4.75. The highest BCUT2D eigenvalue weighted by Gasteiger charge is 2.12. The monoisotopic (exact) mass is 384 g/mol. The van der Waals surface area contributed by atoms with Crippen LogP contribution in [0.15, 0.2) is 53.4 Å². The molecule has 0 radical (unpaired) electrons. The number of rotatable bonds is 5. The Hall–Kier alpha value is -2.78. The van der Waals surface area contributed by atoms with Crippen LogP contribution in [0, 0.1) is 10.1 Å². The fraction of sp³-hybridized carbons (Fsp3) is 0. The number of anilines is 1. The molecule has 0 atom stereocenters. The number of nitro groups is 1. The Morgan fingerprint density at radius 2 is 1.96 bits per heavy atom. The van der Waals surface area contributed by atoms with E-state index in [-0.39, 0.29) is 16.4 Å². The van der Waals surface area contributed by atoms with E-state index in [9.17, 15) is 27.2 Å². The van der Waals surface area contributed by atoms with E-state index in [1.54, 1.807) is 0 Å². The molecule has 0 saturated carbocycles. The van der Waals surface area contributed by atoms with E-state index in [1.165, 1.54) is 30.3 Å². The molecule has 0 bridgehead atoms. The number of non-ortho nitro benzene ring substituents is 1. The minimum atomic E-state index is -4.87. The number of halogens is 2. The zero-order chi connectivity index (χ0) is 18.6. The van der Waals surface area contributed by atoms with Crippen molar-refractivity contribution in [2.45, 2.75) is 4.90 Å². The molecule has 0 aliphatic carbocycles. The number of carbonyl (C=O) groups excluding carboxylic acids is 1. The third-order valence-corrected chi connectivity index (χ3v) is 4.14. The van der Waals surface area contributed by atoms with Crippen LogP contribution in [0.2, 0.25) is 5.02 Å². The van der Waals surface area contributed by atoms with Gasteiger partial charge in [0.1, 0.15) is 4.90 Å². The first-order valence-corrected chi connectivity index (χ1v) is 8.41. The summed E-state index contributed by atoms with van der Waals surface area (Å²) in [6.45, 7) is 0. The number of benzene rings is 2. The Bertz CT molecular complexity index is 976. The maximum absolute atomic E-state index is 12.9. The molecule has 0 aliphatic rings. The van der Waals surface area contributed by atoms with Gasteiger partial charge in [0.15, 0.2) is 0 Å². The van der Waals surface area contributed by atoms with Crippen LogP contribution in [0.1, 0.15) is 5.56 Å². The molecule has 25 heavy (non-hydrogen) atoms. The Morgan fingerprint density at radius 1 is 1.24 bits per heavy atom. The maximum atomic E-state index is 12.9. The molecular formula is C15H10ClFN2O5S. The van der Waals surface area contributed by atoms with Crippen molar-refractivity contribution in [1.82, 2.24) is 0 Å². The summed E-state index contributed by atoms with van der Waals surface area (Å²) in [7, 11) is -4.87. The lowest BCUT2D eigenvalue weighted by molar-refractivity contribution is -0.384. The predicted molar refractivity (Wildman–Crippen MR) is 90.5 cm³/mol. The summed E-state index contributed by atoms with van der Waals surface area (Å²) in [5.74, 6) is -0.622. The van der Waals surface area contributed by atoms with Gasteiger partial charge in [0.2, 0.25) is 5.91 Å². The second-order valence-corrected chi connectivity index (χ2v) is 6.51. The van der Waals surface area contributed by atoms with Crippen LogP contribution in [-0.2, 0) is 15.0 Å². The van der Waals surface area contributed by atoms with Crippen molar-refractivity contribution in [1.29, 1.82) is 0 Å². The maximum Gasteiger partial charge on any atom is 0.332 e. The number of amides is 1. The van der Waals surface area contributed by atoms with Crippen LogP contribution >= 0.6 is 11.6 Å². The fourth-order valence-corrected chi connectivity index (χ4v) is 2.59. The summed E-state index contributed by atoms with van der Waals surface area (Å²) in [5.41, 5.74) is 0.279. The lowest BCUT2D eigenvalue weighted by atomic mass is 10.2. The Balaban J connectivity index is 2.13. The number of hydrogen-bond donors (Lipinski definition) is 1. The molecule has 0 unspecified atom stereocenters. The molecular weight excluding hydrogens is 375 g/mol. The van der Waals surface area contributed by atoms with Crippen molar-refractivity contribution < 1.29 is 22.0 Å². The zero-order valence-electron chi connectivity index (χ0n) is 12.3. The molecule has 1 amide bonds. The van der Waals surface area contributed by atoms with Crippen LogP contribution in [-0.4, -0.2) is 19.2 Å². The Morgan fingerprint density at radius 3 is 2.56 bits per heavy atom. The fourth-order valence-electron chi connectivity index (χ4n) is 1.84. The third-order valence-electron chi connectivity index (χ3n) is 2.99. The van der Waals surface area contributed by atoms with Crippen molar-refractivity contribution in [3.05, 3.63) is 69.2 Å². The first-order valence-electron chi connectivity index (χ1n) is 6.64. The molecule has 2 rings (SSSR count). The summed E-state index contributed by atoms with van der Waals surface area (Å²) in [5, 5.41) is 13.1. The van der Waals surface area contributed by atoms with Gasteiger partial charge in [0.05, 0.1) is 9.95 Å². The quantitative estimate of drug-likeness (QED) is 0.367. The van der Waals surface area contributed by atoms with Gasteiger partial charge in [-0.25, -0.2) is 0 Å². The normalized spacial score (nSPS) is 11.4. The lowest BCUT2D eigenvalue weighted by Gasteiger charge is -2.03. The van der Waals surface area contributed by atoms with Gasteiger partial charge < -0.3 is 5.32 Å². The number of carbonyl (C=O) groups is 1. The van der Waals surface area contributed by atoms with Gasteiger partial charge >= 0.3 is 10.2 Å². The molecule has 2 aromatic rings. The molecule has 7 nitrogen and oxygen atoms in total. The number of hydrogen-bond acceptors (Lipinski definition) is 5. The number of nitro benzene ring substituents is 1. The van der Waals surface area contributed by atoms with Crippen molar-refractivity contribution in [2.24, 2.45) is 0 Å². The molecule has 0 fully saturated rings. The predicted octanol–water partition coefficient (Wildman–Crippen LogP) is 3.56. The van der Waals surface area contributed by atoms with E-state index in [4.69, 9.17) is 11.6 Å². The molecule has 0 spiro atoms. The summed E-state index contributed by atoms with van der Waals surface area (Å²) in [6, 6.07) is 8.45. The molecule has 0 saturated heterocycles. The molecule has 1 N–H and O–H groups in total. The van der Waals surface area contributed by atoms with Crippen LogP contribution in [0.25, 0.3) is 6.08 Å². The van der Waals surface area contributed by atoms with Gasteiger partial charge in [0, 0.05) is 23.9 Å². The van der Waals surface area contributed by atoms with Crippen LogP contribution in [0.5, 0.6) is 0 Å². The highest BCUT2D eigenvalue weighted by molar-refractivity contribution is 7.86. The van der Waals surface area contributed by atoms with E-state index in [1.807, 2.05) is 0 Å². The molecule has 10 heteroatoms. The first kappa shape index (κ1) is 18.6. The zero-order valence-corrected chi connectivity index (χ0v) is 13.9. The molecule has 130 valence electrons. The van der Waals surface area contributed by atoms with E-state index < -0.39 is 25.9 Å². The molecule has 0 heterocycles. The minimum absolute atomic E-state index is 0.0863. The van der Waals surface area contributed by atoms with Crippen LogP contribution in [0.3, 0.4) is 0 Å². The van der Waals surface area contributed by atoms with Crippen molar-refractivity contribution in [3.63, 3.8) is 0 Å². The smallest absolute Gasteiger partial charge is 0.322 e. The van der Waals surface area contributed by atoms with E-state index in [0.717, 1.165) is 24.3 Å². The summed E-state index contributed by atoms with van der Waals surface area (Å²) >= 11 is 5.89. The lowest BCUT2D eigenvalue weighted by Crippen LogP contribution is -2.08. The number of nitrogens with one attached hydrogen (secondary N) is 1. The van der Waals surface area contributed by atoms with Gasteiger partial charge in [0.25, 0.3) is 5.69 Å². The van der Waals surface area contributed by atoms with Gasteiger partial charge in [-0.2, -0.15) is 8.42 Å². The Labute approximate surface area is 147 Å². The third kappa shape index (κ3) is 5.10. The summed E-state index contributed by atoms with van der Waals surface area (Å²) in [4.78, 5) is 21.3. The second kappa shape index (κ2) is 7.41.